The first-order valence-electron chi connectivity index (χ1n) is 6.86. The van der Waals surface area contributed by atoms with Crippen LogP contribution in [0.15, 0.2) is 24.3 Å². The summed E-state index contributed by atoms with van der Waals surface area (Å²) in [6, 6.07) is 3.97. The summed E-state index contributed by atoms with van der Waals surface area (Å²) in [5.41, 5.74) is 0.346. The average molecular weight is 293 g/mol. The van der Waals surface area contributed by atoms with Gasteiger partial charge < -0.3 is 10.4 Å². The normalized spacial score (nSPS) is 13.9. The lowest BCUT2D eigenvalue weighted by Crippen LogP contribution is -2.36. The molecule has 2 atom stereocenters. The molecule has 1 aromatic rings. The van der Waals surface area contributed by atoms with E-state index < -0.39 is 11.8 Å². The van der Waals surface area contributed by atoms with Crippen LogP contribution in [0.25, 0.3) is 6.08 Å². The first-order chi connectivity index (χ1) is 9.85. The van der Waals surface area contributed by atoms with Crippen LogP contribution in [0.2, 0.25) is 0 Å². The van der Waals surface area contributed by atoms with Gasteiger partial charge in [0.1, 0.15) is 5.82 Å². The van der Waals surface area contributed by atoms with Gasteiger partial charge >= 0.3 is 5.97 Å². The molecule has 0 aliphatic carbocycles. The van der Waals surface area contributed by atoms with E-state index in [1.165, 1.54) is 12.1 Å². The molecule has 0 spiro atoms. The molecule has 1 amide bonds. The van der Waals surface area contributed by atoms with Gasteiger partial charge in [0.15, 0.2) is 0 Å². The second-order valence-electron chi connectivity index (χ2n) is 5.06. The van der Waals surface area contributed by atoms with Gasteiger partial charge in [0, 0.05) is 23.2 Å². The Morgan fingerprint density at radius 1 is 1.38 bits per heavy atom. The lowest BCUT2D eigenvalue weighted by Gasteiger charge is -2.19. The molecule has 0 heterocycles. The maximum atomic E-state index is 13.8. The minimum atomic E-state index is -1.15. The minimum Gasteiger partial charge on any atom is -0.478 e. The summed E-state index contributed by atoms with van der Waals surface area (Å²) in [5.74, 6) is -1.79. The van der Waals surface area contributed by atoms with Crippen molar-refractivity contribution in [2.24, 2.45) is 5.92 Å². The summed E-state index contributed by atoms with van der Waals surface area (Å²) >= 11 is 0. The molecule has 1 rings (SSSR count). The van der Waals surface area contributed by atoms with Gasteiger partial charge in [-0.1, -0.05) is 26.3 Å². The van der Waals surface area contributed by atoms with Gasteiger partial charge in [-0.25, -0.2) is 9.18 Å². The van der Waals surface area contributed by atoms with Crippen LogP contribution in [-0.2, 0) is 4.79 Å². The molecule has 2 unspecified atom stereocenters. The number of amides is 1. The number of carbonyl (C=O) groups is 2. The van der Waals surface area contributed by atoms with Gasteiger partial charge in [-0.05, 0) is 31.1 Å². The van der Waals surface area contributed by atoms with Crippen LogP contribution in [0.3, 0.4) is 0 Å². The molecule has 0 aliphatic rings. The third-order valence-electron chi connectivity index (χ3n) is 3.52. The second kappa shape index (κ2) is 7.57. The zero-order valence-electron chi connectivity index (χ0n) is 12.4. The van der Waals surface area contributed by atoms with Crippen molar-refractivity contribution < 1.29 is 19.1 Å². The van der Waals surface area contributed by atoms with E-state index in [0.717, 1.165) is 24.6 Å². The van der Waals surface area contributed by atoms with Gasteiger partial charge in [-0.15, -0.1) is 0 Å². The number of nitrogens with one attached hydrogen (secondary N) is 1. The fourth-order valence-corrected chi connectivity index (χ4v) is 1.75. The van der Waals surface area contributed by atoms with Gasteiger partial charge in [0.25, 0.3) is 5.91 Å². The van der Waals surface area contributed by atoms with Crippen LogP contribution in [0, 0.1) is 11.7 Å². The Balaban J connectivity index is 2.83. The summed E-state index contributed by atoms with van der Waals surface area (Å²) in [5, 5.41) is 11.3. The molecule has 0 fully saturated rings. The largest absolute Gasteiger partial charge is 0.478 e. The van der Waals surface area contributed by atoms with Gasteiger partial charge in [0.05, 0.1) is 0 Å². The molecule has 0 radical (unpaired) electrons. The first-order valence-corrected chi connectivity index (χ1v) is 6.86. The van der Waals surface area contributed by atoms with Crippen molar-refractivity contribution in [3.63, 3.8) is 0 Å². The molecule has 21 heavy (non-hydrogen) atoms. The third-order valence-corrected chi connectivity index (χ3v) is 3.52. The van der Waals surface area contributed by atoms with E-state index in [9.17, 15) is 14.0 Å². The van der Waals surface area contributed by atoms with E-state index in [0.29, 0.717) is 5.92 Å². The average Bonchev–Trinajstić information content (AvgIpc) is 2.44. The van der Waals surface area contributed by atoms with Gasteiger partial charge in [0.2, 0.25) is 0 Å². The van der Waals surface area contributed by atoms with Crippen LogP contribution in [0.5, 0.6) is 0 Å². The van der Waals surface area contributed by atoms with Crippen LogP contribution in [0.1, 0.15) is 43.1 Å². The van der Waals surface area contributed by atoms with Crippen molar-refractivity contribution in [3.8, 4) is 0 Å². The minimum absolute atomic E-state index is 0.00264. The molecule has 2 N–H and O–H groups in total. The SMILES string of the molecule is CCC(C)C(C)NC(=O)c1ccc(C=CC(=O)O)c(F)c1. The predicted molar refractivity (Wildman–Crippen MR) is 79.5 cm³/mol. The molecule has 0 aromatic heterocycles. The third kappa shape index (κ3) is 5.02. The molecule has 0 saturated carbocycles. The molecule has 4 nitrogen and oxygen atoms in total. The zero-order valence-corrected chi connectivity index (χ0v) is 12.4. The molecule has 0 bridgehead atoms. The molecule has 0 saturated heterocycles. The van der Waals surface area contributed by atoms with E-state index in [2.05, 4.69) is 5.32 Å². The van der Waals surface area contributed by atoms with Crippen molar-refractivity contribution in [1.82, 2.24) is 5.32 Å². The highest BCUT2D eigenvalue weighted by atomic mass is 19.1. The molecule has 0 aliphatic heterocycles. The Morgan fingerprint density at radius 2 is 2.05 bits per heavy atom. The summed E-state index contributed by atoms with van der Waals surface area (Å²) in [7, 11) is 0. The van der Waals surface area contributed by atoms with E-state index in [1.807, 2.05) is 20.8 Å². The Morgan fingerprint density at radius 3 is 2.57 bits per heavy atom. The number of carbonyl (C=O) groups excluding carboxylic acids is 1. The lowest BCUT2D eigenvalue weighted by molar-refractivity contribution is -0.131. The lowest BCUT2D eigenvalue weighted by atomic mass is 10.0. The van der Waals surface area contributed by atoms with Crippen LogP contribution in [0.4, 0.5) is 4.39 Å². The quantitative estimate of drug-likeness (QED) is 0.792. The smallest absolute Gasteiger partial charge is 0.328 e. The standard InChI is InChI=1S/C16H20FNO3/c1-4-10(2)11(3)18-16(21)13-6-5-12(14(17)9-13)7-8-15(19)20/h5-11H,4H2,1-3H3,(H,18,21)(H,19,20). The number of carboxylic acids is 1. The number of hydrogen-bond acceptors (Lipinski definition) is 2. The predicted octanol–water partition coefficient (Wildman–Crippen LogP) is 3.09. The summed E-state index contributed by atoms with van der Waals surface area (Å²) in [6.07, 6.45) is 2.94. The Kier molecular flexibility index (Phi) is 6.09. The molecule has 1 aromatic carbocycles. The highest BCUT2D eigenvalue weighted by Crippen LogP contribution is 2.13. The second-order valence-corrected chi connectivity index (χ2v) is 5.06. The Bertz CT molecular complexity index is 554. The number of benzene rings is 1. The number of carboxylic acid groups (broad SMARTS) is 1. The Labute approximate surface area is 123 Å². The number of hydrogen-bond donors (Lipinski definition) is 2. The maximum Gasteiger partial charge on any atom is 0.328 e. The molecule has 114 valence electrons. The van der Waals surface area contributed by atoms with Crippen molar-refractivity contribution in [1.29, 1.82) is 0 Å². The molecule has 5 heteroatoms. The fourth-order valence-electron chi connectivity index (χ4n) is 1.75. The van der Waals surface area contributed by atoms with E-state index in [-0.39, 0.29) is 23.1 Å². The van der Waals surface area contributed by atoms with Crippen molar-refractivity contribution in [2.75, 3.05) is 0 Å². The first kappa shape index (κ1) is 16.9. The summed E-state index contributed by atoms with van der Waals surface area (Å²) in [4.78, 5) is 22.4. The van der Waals surface area contributed by atoms with E-state index in [4.69, 9.17) is 5.11 Å². The van der Waals surface area contributed by atoms with Gasteiger partial charge in [-0.2, -0.15) is 0 Å². The molecular formula is C16H20FNO3. The molecular weight excluding hydrogens is 273 g/mol. The van der Waals surface area contributed by atoms with Crippen LogP contribution >= 0.6 is 0 Å². The van der Waals surface area contributed by atoms with E-state index in [1.54, 1.807) is 0 Å². The highest BCUT2D eigenvalue weighted by Gasteiger charge is 2.15. The van der Waals surface area contributed by atoms with Crippen molar-refractivity contribution in [3.05, 3.63) is 41.2 Å². The van der Waals surface area contributed by atoms with Crippen LogP contribution in [-0.4, -0.2) is 23.0 Å². The number of aliphatic carboxylic acids is 1. The fraction of sp³-hybridized carbons (Fsp3) is 0.375. The monoisotopic (exact) mass is 293 g/mol. The summed E-state index contributed by atoms with van der Waals surface area (Å²) in [6.45, 7) is 5.98. The summed E-state index contributed by atoms with van der Waals surface area (Å²) < 4.78 is 13.8. The number of rotatable bonds is 6. The van der Waals surface area contributed by atoms with E-state index >= 15 is 0 Å². The van der Waals surface area contributed by atoms with Crippen molar-refractivity contribution in [2.45, 2.75) is 33.2 Å². The topological polar surface area (TPSA) is 66.4 Å². The maximum absolute atomic E-state index is 13.8. The van der Waals surface area contributed by atoms with Gasteiger partial charge in [-0.3, -0.25) is 4.79 Å². The highest BCUT2D eigenvalue weighted by molar-refractivity contribution is 5.94. The van der Waals surface area contributed by atoms with Crippen molar-refractivity contribution >= 4 is 18.0 Å². The zero-order chi connectivity index (χ0) is 16.0. The van der Waals surface area contributed by atoms with Crippen LogP contribution < -0.4 is 5.32 Å². The number of halogens is 1. The Hall–Kier alpha value is -2.17.